The summed E-state index contributed by atoms with van der Waals surface area (Å²) in [5.41, 5.74) is 12.3. The number of hydrogen-bond donors (Lipinski definition) is 0. The van der Waals surface area contributed by atoms with E-state index in [1.54, 1.807) is 0 Å². The van der Waals surface area contributed by atoms with Crippen LogP contribution in [0.15, 0.2) is 188 Å². The molecule has 5 nitrogen and oxygen atoms in total. The number of anilines is 4. The van der Waals surface area contributed by atoms with Crippen molar-refractivity contribution in [1.29, 1.82) is 0 Å². The van der Waals surface area contributed by atoms with Crippen molar-refractivity contribution in [3.8, 4) is 5.82 Å². The van der Waals surface area contributed by atoms with Gasteiger partial charge in [-0.1, -0.05) is 102 Å². The third-order valence-corrected chi connectivity index (χ3v) is 9.97. The summed E-state index contributed by atoms with van der Waals surface area (Å²) in [7, 11) is 0. The van der Waals surface area contributed by atoms with Crippen molar-refractivity contribution < 1.29 is 21.1 Å². The summed E-state index contributed by atoms with van der Waals surface area (Å²) in [4.78, 5) is 13.8. The number of para-hydroxylation sites is 4. The second-order valence-corrected chi connectivity index (χ2v) is 13.2. The van der Waals surface area contributed by atoms with Crippen LogP contribution in [-0.4, -0.2) is 14.5 Å². The van der Waals surface area contributed by atoms with Crippen LogP contribution in [0.1, 0.15) is 22.3 Å². The molecular formula is C49H32N5Pt-3. The molecule has 0 spiro atoms. The zero-order valence-electron chi connectivity index (χ0n) is 29.5. The van der Waals surface area contributed by atoms with Gasteiger partial charge in [-0.05, 0) is 76.1 Å². The molecule has 0 bridgehead atoms. The molecule has 266 valence electrons. The van der Waals surface area contributed by atoms with E-state index in [4.69, 9.17) is 4.98 Å². The smallest absolute Gasteiger partial charge is 0.136 e. The molecule has 6 aromatic carbocycles. The van der Waals surface area contributed by atoms with E-state index >= 15 is 0 Å². The molecule has 0 unspecified atom stereocenters. The molecule has 0 amide bonds. The maximum Gasteiger partial charge on any atom is 0.136 e. The Morgan fingerprint density at radius 2 is 1.22 bits per heavy atom. The Hall–Kier alpha value is -6.55. The first kappa shape index (κ1) is 34.2. The average molecular weight is 886 g/mol. The van der Waals surface area contributed by atoms with Gasteiger partial charge in [-0.2, -0.15) is 0 Å². The first-order valence-electron chi connectivity index (χ1n) is 18.0. The van der Waals surface area contributed by atoms with E-state index in [2.05, 4.69) is 184 Å². The molecule has 10 rings (SSSR count). The molecule has 0 fully saturated rings. The number of nitrogens with zero attached hydrogens (tertiary/aromatic N) is 5. The van der Waals surface area contributed by atoms with Crippen LogP contribution in [0.2, 0.25) is 0 Å². The maximum absolute atomic E-state index is 4.79. The number of fused-ring (bicyclic) bond motifs is 4. The summed E-state index contributed by atoms with van der Waals surface area (Å²) < 4.78 is 2.21. The predicted molar refractivity (Wildman–Crippen MR) is 220 cm³/mol. The second kappa shape index (κ2) is 14.7. The van der Waals surface area contributed by atoms with Gasteiger partial charge < -0.3 is 14.4 Å². The minimum absolute atomic E-state index is 0. The molecule has 9 aromatic rings. The standard InChI is InChI=1S/C49H32N5.Pt/c1-3-15-35(16-4-1)48(38-18-14-29-50-33-38)49(37-27-28-42-41-22-7-8-23-43(41)54(46(42)32-37)47-26-11-12-30-51-47)36-17-13-21-40(31-36)53-34-52(39-19-5-2-6-20-39)44-24-9-10-25-45(44)53;/h1-30,33-34H;/q-3;/b49-48+;. The fourth-order valence-electron chi connectivity index (χ4n) is 7.59. The van der Waals surface area contributed by atoms with Crippen LogP contribution in [0, 0.1) is 18.8 Å². The summed E-state index contributed by atoms with van der Waals surface area (Å²) >= 11 is 0. The van der Waals surface area contributed by atoms with Crippen LogP contribution in [-0.2, 0) is 21.1 Å². The van der Waals surface area contributed by atoms with E-state index in [9.17, 15) is 0 Å². The summed E-state index contributed by atoms with van der Waals surface area (Å²) in [6.07, 6.45) is 5.60. The van der Waals surface area contributed by atoms with Crippen molar-refractivity contribution in [1.82, 2.24) is 14.5 Å². The van der Waals surface area contributed by atoms with Gasteiger partial charge in [-0.15, -0.1) is 65.8 Å². The largest absolute Gasteiger partial charge is 0.488 e. The molecular weight excluding hydrogens is 854 g/mol. The van der Waals surface area contributed by atoms with Crippen molar-refractivity contribution >= 4 is 55.7 Å². The van der Waals surface area contributed by atoms with Gasteiger partial charge in [-0.3, -0.25) is 4.98 Å². The van der Waals surface area contributed by atoms with E-state index < -0.39 is 0 Å². The number of aromatic nitrogens is 3. The van der Waals surface area contributed by atoms with Crippen LogP contribution in [0.25, 0.3) is 38.8 Å². The fourth-order valence-corrected chi connectivity index (χ4v) is 7.59. The second-order valence-electron chi connectivity index (χ2n) is 13.2. The van der Waals surface area contributed by atoms with Gasteiger partial charge in [-0.25, -0.2) is 4.98 Å². The van der Waals surface area contributed by atoms with Crippen molar-refractivity contribution in [3.05, 3.63) is 230 Å². The van der Waals surface area contributed by atoms with E-state index in [1.165, 1.54) is 0 Å². The van der Waals surface area contributed by atoms with E-state index in [-0.39, 0.29) is 21.1 Å². The Kier molecular flexibility index (Phi) is 9.15. The molecule has 4 heterocycles. The Balaban J connectivity index is 0.00000397. The molecule has 6 heteroatoms. The van der Waals surface area contributed by atoms with Crippen molar-refractivity contribution in [2.24, 2.45) is 0 Å². The van der Waals surface area contributed by atoms with E-state index in [0.717, 1.165) is 83.8 Å². The predicted octanol–water partition coefficient (Wildman–Crippen LogP) is 11.6. The Bertz CT molecular complexity index is 2760. The van der Waals surface area contributed by atoms with Gasteiger partial charge >= 0.3 is 0 Å². The van der Waals surface area contributed by atoms with Crippen LogP contribution in [0.3, 0.4) is 0 Å². The topological polar surface area (TPSA) is 37.2 Å². The zero-order chi connectivity index (χ0) is 35.8. The van der Waals surface area contributed by atoms with E-state index in [0.29, 0.717) is 0 Å². The molecule has 1 aliphatic heterocycles. The van der Waals surface area contributed by atoms with Gasteiger partial charge in [0.05, 0.1) is 0 Å². The maximum atomic E-state index is 4.79. The van der Waals surface area contributed by atoms with Crippen molar-refractivity contribution in [2.45, 2.75) is 0 Å². The number of rotatable bonds is 7. The summed E-state index contributed by atoms with van der Waals surface area (Å²) in [5.74, 6) is 0.845. The zero-order valence-corrected chi connectivity index (χ0v) is 31.8. The molecule has 55 heavy (non-hydrogen) atoms. The van der Waals surface area contributed by atoms with Gasteiger partial charge in [0.15, 0.2) is 0 Å². The SMILES string of the molecule is [Pt].[c-]1c(/C(=C(/c2ccccc2)c2cccnc2)c2[c-]c3c(cc2)c2ccccc2n3-c2ccccn2)cccc1N1[CH-]N(c2ccccc2)c2ccccc21. The Morgan fingerprint density at radius 3 is 2.00 bits per heavy atom. The van der Waals surface area contributed by atoms with Crippen molar-refractivity contribution in [3.63, 3.8) is 0 Å². The number of hydrogen-bond acceptors (Lipinski definition) is 4. The van der Waals surface area contributed by atoms with Gasteiger partial charge in [0, 0.05) is 62.2 Å². The Morgan fingerprint density at radius 1 is 0.509 bits per heavy atom. The first-order valence-corrected chi connectivity index (χ1v) is 18.0. The molecule has 1 aliphatic rings. The summed E-state index contributed by atoms with van der Waals surface area (Å²) in [6, 6.07) is 66.8. The summed E-state index contributed by atoms with van der Waals surface area (Å²) in [6.45, 7) is 2.15. The van der Waals surface area contributed by atoms with Crippen LogP contribution in [0.4, 0.5) is 22.7 Å². The van der Waals surface area contributed by atoms with E-state index in [1.807, 2.05) is 42.9 Å². The van der Waals surface area contributed by atoms with Crippen LogP contribution in [0.5, 0.6) is 0 Å². The quantitative estimate of drug-likeness (QED) is 0.118. The monoisotopic (exact) mass is 885 g/mol. The minimum atomic E-state index is 0. The van der Waals surface area contributed by atoms with Crippen LogP contribution >= 0.6 is 0 Å². The Labute approximate surface area is 334 Å². The van der Waals surface area contributed by atoms with Crippen LogP contribution < -0.4 is 9.80 Å². The first-order chi connectivity index (χ1) is 26.8. The van der Waals surface area contributed by atoms with Gasteiger partial charge in [0.25, 0.3) is 0 Å². The normalized spacial score (nSPS) is 12.7. The molecule has 0 saturated heterocycles. The average Bonchev–Trinajstić information content (AvgIpc) is 3.80. The van der Waals surface area contributed by atoms with Gasteiger partial charge in [0.2, 0.25) is 0 Å². The van der Waals surface area contributed by atoms with Crippen molar-refractivity contribution in [2.75, 3.05) is 9.80 Å². The fraction of sp³-hybridized carbons (Fsp3) is 0. The third-order valence-electron chi connectivity index (χ3n) is 9.97. The number of pyridine rings is 2. The molecule has 0 atom stereocenters. The number of benzene rings is 6. The van der Waals surface area contributed by atoms with Gasteiger partial charge in [0.1, 0.15) is 5.82 Å². The summed E-state index contributed by atoms with van der Waals surface area (Å²) in [5, 5.41) is 2.27. The minimum Gasteiger partial charge on any atom is -0.488 e. The molecule has 0 aliphatic carbocycles. The molecule has 0 radical (unpaired) electrons. The molecule has 3 aromatic heterocycles. The molecule has 0 saturated carbocycles. The third kappa shape index (κ3) is 6.13. The molecule has 0 N–H and O–H groups in total.